The van der Waals surface area contributed by atoms with Crippen LogP contribution in [0, 0.1) is 0 Å². The number of morpholine rings is 1. The maximum absolute atomic E-state index is 12.5. The van der Waals surface area contributed by atoms with Crippen LogP contribution in [0.15, 0.2) is 55.4 Å². The highest BCUT2D eigenvalue weighted by atomic mass is 16.5. The smallest absolute Gasteiger partial charge is 0.340 e. The van der Waals surface area contributed by atoms with Crippen LogP contribution in [-0.2, 0) is 9.47 Å². The highest BCUT2D eigenvalue weighted by Gasteiger charge is 2.20. The standard InChI is InChI=1S/C18H20N2O3/c1-2-11-23-18(21)16-14-15(19-7-3-4-8-19)5-6-17(16)20-9-12-22-13-10-20/h2-8,14H,1,9-13H2. The van der Waals surface area contributed by atoms with Crippen LogP contribution in [0.4, 0.5) is 5.69 Å². The number of carbonyl (C=O) groups excluding carboxylic acids is 1. The first-order valence-electron chi connectivity index (χ1n) is 7.67. The Morgan fingerprint density at radius 2 is 2.00 bits per heavy atom. The van der Waals surface area contributed by atoms with Crippen molar-refractivity contribution in [2.75, 3.05) is 37.8 Å². The summed E-state index contributed by atoms with van der Waals surface area (Å²) in [6.45, 7) is 6.66. The first-order chi connectivity index (χ1) is 11.3. The lowest BCUT2D eigenvalue weighted by molar-refractivity contribution is 0.0549. The van der Waals surface area contributed by atoms with Crippen molar-refractivity contribution in [2.24, 2.45) is 0 Å². The fraction of sp³-hybridized carbons (Fsp3) is 0.278. The lowest BCUT2D eigenvalue weighted by Crippen LogP contribution is -2.37. The zero-order chi connectivity index (χ0) is 16.1. The molecule has 0 amide bonds. The van der Waals surface area contributed by atoms with Gasteiger partial charge in [-0.3, -0.25) is 0 Å². The third-order valence-corrected chi connectivity index (χ3v) is 3.79. The van der Waals surface area contributed by atoms with Crippen molar-refractivity contribution in [1.82, 2.24) is 4.57 Å². The van der Waals surface area contributed by atoms with E-state index >= 15 is 0 Å². The van der Waals surface area contributed by atoms with E-state index in [1.54, 1.807) is 6.08 Å². The minimum absolute atomic E-state index is 0.204. The van der Waals surface area contributed by atoms with Gasteiger partial charge in [-0.15, -0.1) is 0 Å². The molecule has 2 heterocycles. The molecule has 3 rings (SSSR count). The third kappa shape index (κ3) is 3.46. The van der Waals surface area contributed by atoms with Gasteiger partial charge in [0.1, 0.15) is 6.61 Å². The van der Waals surface area contributed by atoms with E-state index in [0.717, 1.165) is 24.5 Å². The van der Waals surface area contributed by atoms with Gasteiger partial charge in [0, 0.05) is 31.2 Å². The Hall–Kier alpha value is -2.53. The second-order valence-electron chi connectivity index (χ2n) is 5.28. The molecule has 5 heteroatoms. The van der Waals surface area contributed by atoms with Gasteiger partial charge in [-0.2, -0.15) is 0 Å². The molecule has 0 unspecified atom stereocenters. The number of nitrogens with zero attached hydrogens (tertiary/aromatic N) is 2. The lowest BCUT2D eigenvalue weighted by atomic mass is 10.1. The minimum Gasteiger partial charge on any atom is -0.458 e. The highest BCUT2D eigenvalue weighted by Crippen LogP contribution is 2.25. The van der Waals surface area contributed by atoms with Crippen LogP contribution in [0.1, 0.15) is 10.4 Å². The van der Waals surface area contributed by atoms with Crippen LogP contribution in [0.25, 0.3) is 5.69 Å². The van der Waals surface area contributed by atoms with Gasteiger partial charge in [0.15, 0.2) is 0 Å². The molecule has 1 aliphatic heterocycles. The summed E-state index contributed by atoms with van der Waals surface area (Å²) in [4.78, 5) is 14.6. The van der Waals surface area contributed by atoms with Crippen molar-refractivity contribution in [3.05, 3.63) is 60.9 Å². The molecule has 0 N–H and O–H groups in total. The van der Waals surface area contributed by atoms with E-state index in [2.05, 4.69) is 11.5 Å². The Morgan fingerprint density at radius 1 is 1.26 bits per heavy atom. The molecule has 0 spiro atoms. The summed E-state index contributed by atoms with van der Waals surface area (Å²) < 4.78 is 12.6. The topological polar surface area (TPSA) is 43.7 Å². The van der Waals surface area contributed by atoms with Crippen molar-refractivity contribution in [3.8, 4) is 5.69 Å². The molecule has 0 bridgehead atoms. The summed E-state index contributed by atoms with van der Waals surface area (Å²) in [6.07, 6.45) is 5.47. The van der Waals surface area contributed by atoms with Gasteiger partial charge in [-0.1, -0.05) is 12.7 Å². The summed E-state index contributed by atoms with van der Waals surface area (Å²) in [7, 11) is 0. The van der Waals surface area contributed by atoms with Gasteiger partial charge in [-0.25, -0.2) is 4.79 Å². The summed E-state index contributed by atoms with van der Waals surface area (Å²) >= 11 is 0. The van der Waals surface area contributed by atoms with Gasteiger partial charge < -0.3 is 18.9 Å². The van der Waals surface area contributed by atoms with Gasteiger partial charge in [0.25, 0.3) is 0 Å². The summed E-state index contributed by atoms with van der Waals surface area (Å²) in [5.74, 6) is -0.333. The lowest BCUT2D eigenvalue weighted by Gasteiger charge is -2.30. The van der Waals surface area contributed by atoms with Gasteiger partial charge in [-0.05, 0) is 30.3 Å². The molecule has 1 aromatic carbocycles. The van der Waals surface area contributed by atoms with Gasteiger partial charge in [0.05, 0.1) is 24.5 Å². The van der Waals surface area contributed by atoms with Crippen molar-refractivity contribution in [3.63, 3.8) is 0 Å². The number of hydrogen-bond acceptors (Lipinski definition) is 4. The molecule has 23 heavy (non-hydrogen) atoms. The first-order valence-corrected chi connectivity index (χ1v) is 7.67. The molecular formula is C18H20N2O3. The average molecular weight is 312 g/mol. The van der Waals surface area contributed by atoms with Crippen LogP contribution in [0.5, 0.6) is 0 Å². The van der Waals surface area contributed by atoms with E-state index in [-0.39, 0.29) is 12.6 Å². The number of rotatable bonds is 5. The van der Waals surface area contributed by atoms with E-state index in [0.29, 0.717) is 18.8 Å². The van der Waals surface area contributed by atoms with E-state index in [1.165, 1.54) is 0 Å². The predicted octanol–water partition coefficient (Wildman–Crippen LogP) is 2.66. The van der Waals surface area contributed by atoms with Crippen molar-refractivity contribution < 1.29 is 14.3 Å². The quantitative estimate of drug-likeness (QED) is 0.629. The summed E-state index contributed by atoms with van der Waals surface area (Å²) in [5, 5.41) is 0. The molecule has 1 fully saturated rings. The SMILES string of the molecule is C=CCOC(=O)c1cc(-n2cccc2)ccc1N1CCOCC1. The Morgan fingerprint density at radius 3 is 2.70 bits per heavy atom. The highest BCUT2D eigenvalue weighted by molar-refractivity contribution is 5.96. The molecule has 0 aliphatic carbocycles. The molecule has 0 radical (unpaired) electrons. The molecule has 1 aromatic heterocycles. The van der Waals surface area contributed by atoms with Gasteiger partial charge in [0.2, 0.25) is 0 Å². The van der Waals surface area contributed by atoms with Crippen LogP contribution >= 0.6 is 0 Å². The average Bonchev–Trinajstić information content (AvgIpc) is 3.14. The Balaban J connectivity index is 1.96. The fourth-order valence-electron chi connectivity index (χ4n) is 2.65. The second-order valence-corrected chi connectivity index (χ2v) is 5.28. The summed E-state index contributed by atoms with van der Waals surface area (Å²) in [6, 6.07) is 9.76. The minimum atomic E-state index is -0.333. The van der Waals surface area contributed by atoms with E-state index in [1.807, 2.05) is 47.3 Å². The van der Waals surface area contributed by atoms with Crippen LogP contribution < -0.4 is 4.90 Å². The number of ether oxygens (including phenoxy) is 2. The number of carbonyl (C=O) groups is 1. The van der Waals surface area contributed by atoms with Crippen LogP contribution in [-0.4, -0.2) is 43.4 Å². The van der Waals surface area contributed by atoms with E-state index in [9.17, 15) is 4.79 Å². The molecule has 1 saturated heterocycles. The normalized spacial score (nSPS) is 14.5. The van der Waals surface area contributed by atoms with Crippen molar-refractivity contribution in [1.29, 1.82) is 0 Å². The summed E-state index contributed by atoms with van der Waals surface area (Å²) in [5.41, 5.74) is 2.38. The van der Waals surface area contributed by atoms with Crippen molar-refractivity contribution in [2.45, 2.75) is 0 Å². The number of benzene rings is 1. The monoisotopic (exact) mass is 312 g/mol. The first kappa shape index (κ1) is 15.4. The molecule has 0 saturated carbocycles. The maximum Gasteiger partial charge on any atom is 0.340 e. The fourth-order valence-corrected chi connectivity index (χ4v) is 2.65. The molecule has 120 valence electrons. The second kappa shape index (κ2) is 7.15. The largest absolute Gasteiger partial charge is 0.458 e. The third-order valence-electron chi connectivity index (χ3n) is 3.79. The Labute approximate surface area is 135 Å². The number of anilines is 1. The van der Waals surface area contributed by atoms with Crippen LogP contribution in [0.2, 0.25) is 0 Å². The van der Waals surface area contributed by atoms with Gasteiger partial charge >= 0.3 is 5.97 Å². The Bertz CT molecular complexity index is 674. The van der Waals surface area contributed by atoms with E-state index in [4.69, 9.17) is 9.47 Å². The van der Waals surface area contributed by atoms with Crippen molar-refractivity contribution >= 4 is 11.7 Å². The molecule has 5 nitrogen and oxygen atoms in total. The maximum atomic E-state index is 12.5. The zero-order valence-electron chi connectivity index (χ0n) is 13.0. The Kier molecular flexibility index (Phi) is 4.78. The number of hydrogen-bond donors (Lipinski definition) is 0. The molecule has 1 aliphatic rings. The molecule has 0 atom stereocenters. The molecular weight excluding hydrogens is 292 g/mol. The van der Waals surface area contributed by atoms with E-state index < -0.39 is 0 Å². The zero-order valence-corrected chi connectivity index (χ0v) is 13.0. The number of aromatic nitrogens is 1. The van der Waals surface area contributed by atoms with Crippen LogP contribution in [0.3, 0.4) is 0 Å². The number of esters is 1. The predicted molar refractivity (Wildman–Crippen MR) is 89.3 cm³/mol. The molecule has 2 aromatic rings.